The molecule has 0 bridgehead atoms. The molecule has 3 rings (SSSR count). The Hall–Kier alpha value is -2.38. The fraction of sp³-hybridized carbons (Fsp3) is 0.235. The maximum atomic E-state index is 12.5. The van der Waals surface area contributed by atoms with Gasteiger partial charge in [0.25, 0.3) is 5.56 Å². The number of benzene rings is 1. The highest BCUT2D eigenvalue weighted by atomic mass is 35.5. The lowest BCUT2D eigenvalue weighted by Crippen LogP contribution is -2.27. The van der Waals surface area contributed by atoms with Gasteiger partial charge in [-0.2, -0.15) is 0 Å². The summed E-state index contributed by atoms with van der Waals surface area (Å²) in [4.78, 5) is 30.8. The number of halogens is 1. The monoisotopic (exact) mass is 377 g/mol. The third-order valence-electron chi connectivity index (χ3n) is 3.67. The Balaban J connectivity index is 1.79. The molecule has 2 heterocycles. The second-order valence-corrected chi connectivity index (χ2v) is 6.88. The van der Waals surface area contributed by atoms with Crippen LogP contribution >= 0.6 is 22.9 Å². The second-order valence-electron chi connectivity index (χ2n) is 5.36. The maximum absolute atomic E-state index is 12.5. The highest BCUT2D eigenvalue weighted by molar-refractivity contribution is 7.18. The standard InChI is InChI=1S/C17H16ClN3O3S/c1-3-11-7-12-16(25-11)19-9-21(17(12)23)8-15(22)20-10-4-5-14(24-2)13(18)6-10/h4-7,9H,3,8H2,1-2H3,(H,20,22). The van der Waals surface area contributed by atoms with Crippen molar-refractivity contribution in [1.82, 2.24) is 9.55 Å². The van der Waals surface area contributed by atoms with Gasteiger partial charge in [-0.15, -0.1) is 11.3 Å². The average Bonchev–Trinajstić information content (AvgIpc) is 3.02. The van der Waals surface area contributed by atoms with Crippen molar-refractivity contribution >= 4 is 44.7 Å². The summed E-state index contributed by atoms with van der Waals surface area (Å²) in [7, 11) is 1.52. The molecule has 0 aliphatic rings. The van der Waals surface area contributed by atoms with E-state index in [1.54, 1.807) is 18.2 Å². The largest absolute Gasteiger partial charge is 0.495 e. The molecule has 6 nitrogen and oxygen atoms in total. The van der Waals surface area contributed by atoms with Gasteiger partial charge in [0.2, 0.25) is 5.91 Å². The molecule has 2 aromatic heterocycles. The second kappa shape index (κ2) is 7.25. The van der Waals surface area contributed by atoms with Crippen LogP contribution < -0.4 is 15.6 Å². The number of methoxy groups -OCH3 is 1. The van der Waals surface area contributed by atoms with Crippen LogP contribution in [0, 0.1) is 0 Å². The van der Waals surface area contributed by atoms with Crippen molar-refractivity contribution in [1.29, 1.82) is 0 Å². The molecule has 0 fully saturated rings. The number of hydrogen-bond acceptors (Lipinski definition) is 5. The number of fused-ring (bicyclic) bond motifs is 1. The third-order valence-corrected chi connectivity index (χ3v) is 5.15. The molecule has 1 aromatic carbocycles. The van der Waals surface area contributed by atoms with E-state index in [9.17, 15) is 9.59 Å². The van der Waals surface area contributed by atoms with Crippen molar-refractivity contribution < 1.29 is 9.53 Å². The van der Waals surface area contributed by atoms with E-state index in [4.69, 9.17) is 16.3 Å². The highest BCUT2D eigenvalue weighted by Crippen LogP contribution is 2.27. The number of nitrogens with one attached hydrogen (secondary N) is 1. The minimum Gasteiger partial charge on any atom is -0.495 e. The van der Waals surface area contributed by atoms with Crippen LogP contribution in [0.25, 0.3) is 10.2 Å². The molecule has 8 heteroatoms. The van der Waals surface area contributed by atoms with E-state index in [0.717, 1.165) is 11.3 Å². The molecule has 1 amide bonds. The normalized spacial score (nSPS) is 10.8. The Kier molecular flexibility index (Phi) is 5.06. The number of ether oxygens (including phenoxy) is 1. The number of rotatable bonds is 5. The van der Waals surface area contributed by atoms with Crippen LogP contribution in [0.5, 0.6) is 5.75 Å². The van der Waals surface area contributed by atoms with Crippen molar-refractivity contribution in [2.75, 3.05) is 12.4 Å². The van der Waals surface area contributed by atoms with E-state index < -0.39 is 0 Å². The Morgan fingerprint density at radius 3 is 2.88 bits per heavy atom. The summed E-state index contributed by atoms with van der Waals surface area (Å²) in [5.74, 6) is 0.185. The van der Waals surface area contributed by atoms with E-state index in [0.29, 0.717) is 26.7 Å². The zero-order valence-corrected chi connectivity index (χ0v) is 15.3. The summed E-state index contributed by atoms with van der Waals surface area (Å²) in [6.45, 7) is 1.90. The fourth-order valence-corrected chi connectivity index (χ4v) is 3.58. The third kappa shape index (κ3) is 3.67. The average molecular weight is 378 g/mol. The number of nitrogens with zero attached hydrogens (tertiary/aromatic N) is 2. The highest BCUT2D eigenvalue weighted by Gasteiger charge is 2.11. The topological polar surface area (TPSA) is 73.2 Å². The molecule has 1 N–H and O–H groups in total. The molecule has 3 aromatic rings. The summed E-state index contributed by atoms with van der Waals surface area (Å²) < 4.78 is 6.37. The van der Waals surface area contributed by atoms with Crippen molar-refractivity contribution in [3.8, 4) is 5.75 Å². The molecule has 0 saturated heterocycles. The maximum Gasteiger partial charge on any atom is 0.262 e. The number of amides is 1. The zero-order valence-electron chi connectivity index (χ0n) is 13.7. The molecule has 0 atom stereocenters. The number of carbonyl (C=O) groups is 1. The molecule has 130 valence electrons. The summed E-state index contributed by atoms with van der Waals surface area (Å²) >= 11 is 7.53. The van der Waals surface area contributed by atoms with Gasteiger partial charge in [-0.1, -0.05) is 18.5 Å². The first-order chi connectivity index (χ1) is 12.0. The predicted molar refractivity (Wildman–Crippen MR) is 99.9 cm³/mol. The molecular weight excluding hydrogens is 362 g/mol. The van der Waals surface area contributed by atoms with Gasteiger partial charge in [-0.25, -0.2) is 4.98 Å². The molecule has 0 aliphatic heterocycles. The molecule has 0 radical (unpaired) electrons. The van der Waals surface area contributed by atoms with Crippen LogP contribution in [0.3, 0.4) is 0 Å². The lowest BCUT2D eigenvalue weighted by molar-refractivity contribution is -0.116. The smallest absolute Gasteiger partial charge is 0.262 e. The van der Waals surface area contributed by atoms with E-state index in [2.05, 4.69) is 10.3 Å². The van der Waals surface area contributed by atoms with Gasteiger partial charge < -0.3 is 10.1 Å². The minimum absolute atomic E-state index is 0.122. The molecule has 25 heavy (non-hydrogen) atoms. The quantitative estimate of drug-likeness (QED) is 0.740. The van der Waals surface area contributed by atoms with Crippen molar-refractivity contribution in [3.05, 3.63) is 50.8 Å². The van der Waals surface area contributed by atoms with Crippen LogP contribution in [0.1, 0.15) is 11.8 Å². The molecular formula is C17H16ClN3O3S. The van der Waals surface area contributed by atoms with Gasteiger partial charge in [-0.3, -0.25) is 14.2 Å². The van der Waals surface area contributed by atoms with Gasteiger partial charge >= 0.3 is 0 Å². The predicted octanol–water partition coefficient (Wildman–Crippen LogP) is 3.32. The first-order valence-corrected chi connectivity index (χ1v) is 8.82. The van der Waals surface area contributed by atoms with Gasteiger partial charge in [0.1, 0.15) is 17.1 Å². The minimum atomic E-state index is -0.338. The number of aryl methyl sites for hydroxylation is 1. The Labute approximate surface area is 153 Å². The van der Waals surface area contributed by atoms with Gasteiger partial charge in [-0.05, 0) is 30.7 Å². The Morgan fingerprint density at radius 2 is 2.20 bits per heavy atom. The number of hydrogen-bond donors (Lipinski definition) is 1. The zero-order chi connectivity index (χ0) is 18.0. The van der Waals surface area contributed by atoms with E-state index >= 15 is 0 Å². The lowest BCUT2D eigenvalue weighted by atomic mass is 10.3. The first-order valence-electron chi connectivity index (χ1n) is 7.63. The Morgan fingerprint density at radius 1 is 1.40 bits per heavy atom. The molecule has 0 unspecified atom stereocenters. The summed E-state index contributed by atoms with van der Waals surface area (Å²) in [5, 5.41) is 3.65. The number of carbonyl (C=O) groups excluding carboxylic acids is 1. The van der Waals surface area contributed by atoms with Gasteiger partial charge in [0.15, 0.2) is 0 Å². The van der Waals surface area contributed by atoms with E-state index in [1.807, 2.05) is 13.0 Å². The summed E-state index contributed by atoms with van der Waals surface area (Å²) in [6.07, 6.45) is 2.25. The summed E-state index contributed by atoms with van der Waals surface area (Å²) in [5.41, 5.74) is 0.311. The Bertz CT molecular complexity index is 996. The van der Waals surface area contributed by atoms with Crippen molar-refractivity contribution in [2.45, 2.75) is 19.9 Å². The SMILES string of the molecule is CCc1cc2c(=O)n(CC(=O)Nc3ccc(OC)c(Cl)c3)cnc2s1. The van der Waals surface area contributed by atoms with Crippen molar-refractivity contribution in [2.24, 2.45) is 0 Å². The van der Waals surface area contributed by atoms with Crippen molar-refractivity contribution in [3.63, 3.8) is 0 Å². The lowest BCUT2D eigenvalue weighted by Gasteiger charge is -2.09. The van der Waals surface area contributed by atoms with Gasteiger partial charge in [0.05, 0.1) is 23.8 Å². The van der Waals surface area contributed by atoms with Crippen LogP contribution in [0.4, 0.5) is 5.69 Å². The van der Waals surface area contributed by atoms with Crippen LogP contribution in [0.15, 0.2) is 35.4 Å². The van der Waals surface area contributed by atoms with Crippen LogP contribution in [-0.2, 0) is 17.8 Å². The molecule has 0 saturated carbocycles. The number of anilines is 1. The molecule has 0 spiro atoms. The van der Waals surface area contributed by atoms with E-state index in [1.165, 1.54) is 29.3 Å². The van der Waals surface area contributed by atoms with Gasteiger partial charge in [0, 0.05) is 10.6 Å². The fourth-order valence-electron chi connectivity index (χ4n) is 2.40. The molecule has 0 aliphatic carbocycles. The number of thiophene rings is 1. The van der Waals surface area contributed by atoms with E-state index in [-0.39, 0.29) is 18.0 Å². The first kappa shape index (κ1) is 17.4. The summed E-state index contributed by atoms with van der Waals surface area (Å²) in [6, 6.07) is 6.77. The van der Waals surface area contributed by atoms with Crippen LogP contribution in [0.2, 0.25) is 5.02 Å². The van der Waals surface area contributed by atoms with Crippen LogP contribution in [-0.4, -0.2) is 22.6 Å². The number of aromatic nitrogens is 2.